The predicted molar refractivity (Wildman–Crippen MR) is 113 cm³/mol. The summed E-state index contributed by atoms with van der Waals surface area (Å²) in [5, 5.41) is 2.91. The number of amides is 2. The van der Waals surface area contributed by atoms with Gasteiger partial charge in [0.1, 0.15) is 5.75 Å². The molecule has 1 N–H and O–H groups in total. The second-order valence-electron chi connectivity index (χ2n) is 6.78. The SMILES string of the molecule is COc1ccc(CCNC(=O)CCN(C(C)=O)c2ccc(N(C)C)cc2)cc1. The van der Waals surface area contributed by atoms with Crippen LogP contribution in [0, 0.1) is 0 Å². The van der Waals surface area contributed by atoms with E-state index < -0.39 is 0 Å². The number of carbonyl (C=O) groups is 2. The minimum absolute atomic E-state index is 0.0651. The molecule has 0 aromatic heterocycles. The summed E-state index contributed by atoms with van der Waals surface area (Å²) in [6, 6.07) is 15.5. The third-order valence-electron chi connectivity index (χ3n) is 4.52. The normalized spacial score (nSPS) is 10.3. The molecule has 0 radical (unpaired) electrons. The highest BCUT2D eigenvalue weighted by atomic mass is 16.5. The van der Waals surface area contributed by atoms with E-state index in [9.17, 15) is 9.59 Å². The number of nitrogens with zero attached hydrogens (tertiary/aromatic N) is 2. The Morgan fingerprint density at radius 1 is 0.964 bits per heavy atom. The summed E-state index contributed by atoms with van der Waals surface area (Å²) < 4.78 is 5.14. The number of ether oxygens (including phenoxy) is 1. The molecule has 6 nitrogen and oxygen atoms in total. The summed E-state index contributed by atoms with van der Waals surface area (Å²) >= 11 is 0. The van der Waals surface area contributed by atoms with Crippen molar-refractivity contribution in [2.45, 2.75) is 19.8 Å². The largest absolute Gasteiger partial charge is 0.497 e. The average molecular weight is 383 g/mol. The van der Waals surface area contributed by atoms with E-state index in [0.717, 1.165) is 29.1 Å². The van der Waals surface area contributed by atoms with Gasteiger partial charge in [0.15, 0.2) is 0 Å². The van der Waals surface area contributed by atoms with Gasteiger partial charge in [0.2, 0.25) is 11.8 Å². The van der Waals surface area contributed by atoms with Crippen molar-refractivity contribution in [3.63, 3.8) is 0 Å². The molecule has 0 spiro atoms. The molecule has 0 aliphatic carbocycles. The minimum atomic E-state index is -0.0800. The van der Waals surface area contributed by atoms with Crippen LogP contribution in [-0.2, 0) is 16.0 Å². The Morgan fingerprint density at radius 3 is 2.11 bits per heavy atom. The first-order valence-electron chi connectivity index (χ1n) is 9.36. The molecule has 0 saturated carbocycles. The number of anilines is 2. The molecule has 0 bridgehead atoms. The van der Waals surface area contributed by atoms with Crippen LogP contribution in [0.3, 0.4) is 0 Å². The molecule has 0 atom stereocenters. The smallest absolute Gasteiger partial charge is 0.223 e. The molecule has 0 heterocycles. The molecule has 6 heteroatoms. The van der Waals surface area contributed by atoms with Gasteiger partial charge in [0.05, 0.1) is 7.11 Å². The number of benzene rings is 2. The lowest BCUT2D eigenvalue weighted by atomic mass is 10.1. The van der Waals surface area contributed by atoms with E-state index in [1.807, 2.05) is 67.5 Å². The second-order valence-corrected chi connectivity index (χ2v) is 6.78. The molecule has 0 aliphatic rings. The fourth-order valence-electron chi connectivity index (χ4n) is 2.84. The molecular formula is C22H29N3O3. The topological polar surface area (TPSA) is 61.9 Å². The van der Waals surface area contributed by atoms with E-state index in [2.05, 4.69) is 5.32 Å². The van der Waals surface area contributed by atoms with E-state index in [4.69, 9.17) is 4.74 Å². The van der Waals surface area contributed by atoms with Crippen LogP contribution in [0.4, 0.5) is 11.4 Å². The van der Waals surface area contributed by atoms with Crippen molar-refractivity contribution in [2.75, 3.05) is 44.1 Å². The molecule has 0 fully saturated rings. The summed E-state index contributed by atoms with van der Waals surface area (Å²) in [4.78, 5) is 27.8. The molecule has 0 saturated heterocycles. The summed E-state index contributed by atoms with van der Waals surface area (Å²) in [5.74, 6) is 0.670. The first-order valence-corrected chi connectivity index (χ1v) is 9.36. The van der Waals surface area contributed by atoms with Gasteiger partial charge in [0.25, 0.3) is 0 Å². The minimum Gasteiger partial charge on any atom is -0.497 e. The standard InChI is InChI=1S/C22H29N3O3/c1-17(26)25(20-9-7-19(8-10-20)24(2)3)16-14-22(27)23-15-13-18-5-11-21(28-4)12-6-18/h5-12H,13-16H2,1-4H3,(H,23,27). The summed E-state index contributed by atoms with van der Waals surface area (Å²) in [5.41, 5.74) is 2.99. The number of nitrogens with one attached hydrogen (secondary N) is 1. The monoisotopic (exact) mass is 383 g/mol. The van der Waals surface area contributed by atoms with E-state index in [1.54, 1.807) is 12.0 Å². The zero-order chi connectivity index (χ0) is 20.5. The van der Waals surface area contributed by atoms with Gasteiger partial charge in [-0.05, 0) is 48.4 Å². The molecule has 2 amide bonds. The number of hydrogen-bond acceptors (Lipinski definition) is 4. The first kappa shape index (κ1) is 21.3. The van der Waals surface area contributed by atoms with Gasteiger partial charge >= 0.3 is 0 Å². The van der Waals surface area contributed by atoms with Crippen LogP contribution in [0.25, 0.3) is 0 Å². The Bertz CT molecular complexity index is 771. The van der Waals surface area contributed by atoms with Crippen molar-refractivity contribution in [3.8, 4) is 5.75 Å². The zero-order valence-corrected chi connectivity index (χ0v) is 17.1. The lowest BCUT2D eigenvalue weighted by molar-refractivity contribution is -0.121. The lowest BCUT2D eigenvalue weighted by Crippen LogP contribution is -2.34. The molecule has 150 valence electrons. The Hall–Kier alpha value is -3.02. The van der Waals surface area contributed by atoms with Crippen LogP contribution in [0.15, 0.2) is 48.5 Å². The first-order chi connectivity index (χ1) is 13.4. The molecule has 28 heavy (non-hydrogen) atoms. The Labute approximate surface area is 167 Å². The van der Waals surface area contributed by atoms with Crippen LogP contribution in [-0.4, -0.2) is 46.1 Å². The number of carbonyl (C=O) groups excluding carboxylic acids is 2. The highest BCUT2D eigenvalue weighted by molar-refractivity contribution is 5.92. The van der Waals surface area contributed by atoms with Gasteiger partial charge in [-0.2, -0.15) is 0 Å². The number of rotatable bonds is 9. The van der Waals surface area contributed by atoms with E-state index in [1.165, 1.54) is 6.92 Å². The highest BCUT2D eigenvalue weighted by Crippen LogP contribution is 2.20. The zero-order valence-electron chi connectivity index (χ0n) is 17.1. The Balaban J connectivity index is 1.82. The number of methoxy groups -OCH3 is 1. The van der Waals surface area contributed by atoms with Gasteiger partial charge in [-0.3, -0.25) is 9.59 Å². The molecule has 2 aromatic rings. The van der Waals surface area contributed by atoms with Gasteiger partial charge in [-0.1, -0.05) is 12.1 Å². The van der Waals surface area contributed by atoms with Crippen molar-refractivity contribution < 1.29 is 14.3 Å². The van der Waals surface area contributed by atoms with Crippen LogP contribution in [0.1, 0.15) is 18.9 Å². The van der Waals surface area contributed by atoms with Crippen molar-refractivity contribution >= 4 is 23.2 Å². The molecular weight excluding hydrogens is 354 g/mol. The Morgan fingerprint density at radius 2 is 1.57 bits per heavy atom. The third-order valence-corrected chi connectivity index (χ3v) is 4.52. The second kappa shape index (κ2) is 10.3. The van der Waals surface area contributed by atoms with Crippen molar-refractivity contribution in [1.82, 2.24) is 5.32 Å². The molecule has 2 rings (SSSR count). The van der Waals surface area contributed by atoms with E-state index >= 15 is 0 Å². The molecule has 0 aliphatic heterocycles. The molecule has 0 unspecified atom stereocenters. The van der Waals surface area contributed by atoms with E-state index in [0.29, 0.717) is 13.1 Å². The van der Waals surface area contributed by atoms with Crippen molar-refractivity contribution in [3.05, 3.63) is 54.1 Å². The van der Waals surface area contributed by atoms with Gasteiger partial charge in [0, 0.05) is 51.9 Å². The maximum Gasteiger partial charge on any atom is 0.223 e. The van der Waals surface area contributed by atoms with Crippen molar-refractivity contribution in [1.29, 1.82) is 0 Å². The summed E-state index contributed by atoms with van der Waals surface area (Å²) in [6.07, 6.45) is 1.01. The quantitative estimate of drug-likeness (QED) is 0.723. The van der Waals surface area contributed by atoms with Crippen molar-refractivity contribution in [2.24, 2.45) is 0 Å². The summed E-state index contributed by atoms with van der Waals surface area (Å²) in [6.45, 7) is 2.43. The number of hydrogen-bond donors (Lipinski definition) is 1. The summed E-state index contributed by atoms with van der Waals surface area (Å²) in [7, 11) is 5.57. The van der Waals surface area contributed by atoms with Gasteiger partial charge in [-0.15, -0.1) is 0 Å². The maximum atomic E-state index is 12.2. The average Bonchev–Trinajstić information content (AvgIpc) is 2.68. The Kier molecular flexibility index (Phi) is 7.87. The van der Waals surface area contributed by atoms with Crippen LogP contribution >= 0.6 is 0 Å². The van der Waals surface area contributed by atoms with Gasteiger partial charge < -0.3 is 19.9 Å². The van der Waals surface area contributed by atoms with Gasteiger partial charge in [-0.25, -0.2) is 0 Å². The lowest BCUT2D eigenvalue weighted by Gasteiger charge is -2.22. The molecule has 2 aromatic carbocycles. The fraction of sp³-hybridized carbons (Fsp3) is 0.364. The van der Waals surface area contributed by atoms with E-state index in [-0.39, 0.29) is 18.2 Å². The highest BCUT2D eigenvalue weighted by Gasteiger charge is 2.13. The van der Waals surface area contributed by atoms with Crippen LogP contribution in [0.5, 0.6) is 5.75 Å². The van der Waals surface area contributed by atoms with Crippen LogP contribution < -0.4 is 19.9 Å². The maximum absolute atomic E-state index is 12.2. The fourth-order valence-corrected chi connectivity index (χ4v) is 2.84. The van der Waals surface area contributed by atoms with Crippen LogP contribution in [0.2, 0.25) is 0 Å². The third kappa shape index (κ3) is 6.30. The predicted octanol–water partition coefficient (Wildman–Crippen LogP) is 2.86.